The molecule has 5 heteroatoms. The maximum atomic E-state index is 13.9. The minimum absolute atomic E-state index is 0.150. The Morgan fingerprint density at radius 1 is 1.26 bits per heavy atom. The number of halogens is 2. The Hall–Kier alpha value is -0.260. The zero-order valence-corrected chi connectivity index (χ0v) is 13.0. The van der Waals surface area contributed by atoms with Crippen LogP contribution in [0.2, 0.25) is 0 Å². The van der Waals surface area contributed by atoms with Crippen molar-refractivity contribution >= 4 is 23.5 Å². The van der Waals surface area contributed by atoms with Crippen LogP contribution in [0.1, 0.15) is 25.5 Å². The van der Waals surface area contributed by atoms with Crippen molar-refractivity contribution in [2.45, 2.75) is 35.6 Å². The lowest BCUT2D eigenvalue weighted by Crippen LogP contribution is -2.36. The van der Waals surface area contributed by atoms with Crippen LogP contribution in [0, 0.1) is 11.6 Å². The van der Waals surface area contributed by atoms with Crippen molar-refractivity contribution in [1.82, 2.24) is 5.32 Å². The molecular weight excluding hydrogens is 284 g/mol. The molecule has 1 aliphatic heterocycles. The van der Waals surface area contributed by atoms with Crippen molar-refractivity contribution in [1.29, 1.82) is 0 Å². The first kappa shape index (κ1) is 15.1. The van der Waals surface area contributed by atoms with Gasteiger partial charge in [0.25, 0.3) is 0 Å². The molecule has 0 aromatic heterocycles. The fraction of sp³-hybridized carbons (Fsp3) is 0.571. The Kier molecular flexibility index (Phi) is 5.15. The minimum Gasteiger partial charge on any atom is -0.312 e. The molecule has 1 aromatic rings. The summed E-state index contributed by atoms with van der Waals surface area (Å²) in [6, 6.07) is 4.26. The molecule has 4 unspecified atom stereocenters. The highest BCUT2D eigenvalue weighted by atomic mass is 32.2. The number of hydrogen-bond donors (Lipinski definition) is 1. The predicted octanol–water partition coefficient (Wildman–Crippen LogP) is 3.85. The standard InChI is InChI=1S/C14H19F2NS2/c1-8-9(2)19-12(7-18-8)14(17-3)10-5-4-6-11(15)13(10)16/h4-6,8-9,12,14,17H,7H2,1-3H3. The van der Waals surface area contributed by atoms with Gasteiger partial charge in [-0.25, -0.2) is 8.78 Å². The lowest BCUT2D eigenvalue weighted by atomic mass is 10.0. The molecule has 1 heterocycles. The summed E-state index contributed by atoms with van der Waals surface area (Å²) in [6.07, 6.45) is 0. The Labute approximate surface area is 121 Å². The van der Waals surface area contributed by atoms with Crippen molar-refractivity contribution in [2.24, 2.45) is 0 Å². The fourth-order valence-corrected chi connectivity index (χ4v) is 5.43. The largest absolute Gasteiger partial charge is 0.312 e. The highest BCUT2D eigenvalue weighted by molar-refractivity contribution is 8.07. The van der Waals surface area contributed by atoms with E-state index in [2.05, 4.69) is 19.2 Å². The molecule has 106 valence electrons. The molecule has 2 rings (SSSR count). The molecular formula is C14H19F2NS2. The third-order valence-electron chi connectivity index (χ3n) is 3.57. The first-order valence-electron chi connectivity index (χ1n) is 6.42. The van der Waals surface area contributed by atoms with Gasteiger partial charge in [0.1, 0.15) is 0 Å². The van der Waals surface area contributed by atoms with E-state index in [1.54, 1.807) is 12.1 Å². The highest BCUT2D eigenvalue weighted by Gasteiger charge is 2.32. The summed E-state index contributed by atoms with van der Waals surface area (Å²) >= 11 is 3.77. The highest BCUT2D eigenvalue weighted by Crippen LogP contribution is 2.41. The molecule has 0 aliphatic carbocycles. The van der Waals surface area contributed by atoms with Crippen LogP contribution in [0.15, 0.2) is 18.2 Å². The van der Waals surface area contributed by atoms with Gasteiger partial charge in [0, 0.05) is 33.1 Å². The van der Waals surface area contributed by atoms with Crippen LogP contribution in [0.4, 0.5) is 8.78 Å². The summed E-state index contributed by atoms with van der Waals surface area (Å²) in [5, 5.41) is 4.54. The Morgan fingerprint density at radius 2 is 2.00 bits per heavy atom. The normalized spacial score (nSPS) is 29.2. The molecule has 1 nitrogen and oxygen atoms in total. The number of thioether (sulfide) groups is 2. The SMILES string of the molecule is CNC(c1cccc(F)c1F)C1CSC(C)C(C)S1. The second kappa shape index (κ2) is 6.46. The van der Waals surface area contributed by atoms with Gasteiger partial charge in [0.2, 0.25) is 0 Å². The van der Waals surface area contributed by atoms with E-state index in [0.717, 1.165) is 5.75 Å². The minimum atomic E-state index is -0.771. The van der Waals surface area contributed by atoms with Gasteiger partial charge < -0.3 is 5.32 Å². The molecule has 0 radical (unpaired) electrons. The van der Waals surface area contributed by atoms with Crippen molar-refractivity contribution < 1.29 is 8.78 Å². The van der Waals surface area contributed by atoms with Gasteiger partial charge in [0.05, 0.1) is 0 Å². The topological polar surface area (TPSA) is 12.0 Å². The number of benzene rings is 1. The summed E-state index contributed by atoms with van der Waals surface area (Å²) in [7, 11) is 1.81. The number of nitrogens with one attached hydrogen (secondary N) is 1. The van der Waals surface area contributed by atoms with E-state index in [0.29, 0.717) is 16.1 Å². The van der Waals surface area contributed by atoms with Gasteiger partial charge in [0.15, 0.2) is 11.6 Å². The van der Waals surface area contributed by atoms with Crippen LogP contribution in [-0.2, 0) is 0 Å². The molecule has 0 bridgehead atoms. The lowest BCUT2D eigenvalue weighted by Gasteiger charge is -2.36. The van der Waals surface area contributed by atoms with Crippen LogP contribution >= 0.6 is 23.5 Å². The third kappa shape index (κ3) is 3.26. The molecule has 1 saturated heterocycles. The number of hydrogen-bond acceptors (Lipinski definition) is 3. The molecule has 0 amide bonds. The van der Waals surface area contributed by atoms with E-state index >= 15 is 0 Å². The molecule has 1 aliphatic rings. The van der Waals surface area contributed by atoms with E-state index in [4.69, 9.17) is 0 Å². The van der Waals surface area contributed by atoms with E-state index < -0.39 is 11.6 Å². The molecule has 0 saturated carbocycles. The molecule has 4 atom stereocenters. The first-order chi connectivity index (χ1) is 9.04. The lowest BCUT2D eigenvalue weighted by molar-refractivity contribution is 0.473. The van der Waals surface area contributed by atoms with Gasteiger partial charge in [-0.15, -0.1) is 0 Å². The number of rotatable bonds is 3. The molecule has 0 spiro atoms. The Bertz CT molecular complexity index is 441. The van der Waals surface area contributed by atoms with Crippen LogP contribution in [0.5, 0.6) is 0 Å². The molecule has 1 fully saturated rings. The van der Waals surface area contributed by atoms with Crippen molar-refractivity contribution in [2.75, 3.05) is 12.8 Å². The van der Waals surface area contributed by atoms with E-state index in [1.807, 2.05) is 30.6 Å². The summed E-state index contributed by atoms with van der Waals surface area (Å²) in [6.45, 7) is 4.42. The smallest absolute Gasteiger partial charge is 0.163 e. The van der Waals surface area contributed by atoms with Crippen LogP contribution in [-0.4, -0.2) is 28.6 Å². The van der Waals surface area contributed by atoms with Crippen molar-refractivity contribution in [3.63, 3.8) is 0 Å². The van der Waals surface area contributed by atoms with Crippen LogP contribution in [0.25, 0.3) is 0 Å². The molecule has 1 aromatic carbocycles. The van der Waals surface area contributed by atoms with Crippen LogP contribution < -0.4 is 5.32 Å². The monoisotopic (exact) mass is 303 g/mol. The zero-order valence-electron chi connectivity index (χ0n) is 11.3. The van der Waals surface area contributed by atoms with Crippen molar-refractivity contribution in [3.8, 4) is 0 Å². The van der Waals surface area contributed by atoms with E-state index in [1.165, 1.54) is 6.07 Å². The van der Waals surface area contributed by atoms with Gasteiger partial charge >= 0.3 is 0 Å². The summed E-state index contributed by atoms with van der Waals surface area (Å²) in [4.78, 5) is 0. The zero-order chi connectivity index (χ0) is 14.0. The van der Waals surface area contributed by atoms with Gasteiger partial charge in [-0.05, 0) is 13.1 Å². The summed E-state index contributed by atoms with van der Waals surface area (Å²) in [5.41, 5.74) is 0.433. The Morgan fingerprint density at radius 3 is 2.63 bits per heavy atom. The van der Waals surface area contributed by atoms with Gasteiger partial charge in [-0.1, -0.05) is 26.0 Å². The van der Waals surface area contributed by atoms with Gasteiger partial charge in [-0.2, -0.15) is 23.5 Å². The van der Waals surface area contributed by atoms with Gasteiger partial charge in [-0.3, -0.25) is 0 Å². The molecule has 19 heavy (non-hydrogen) atoms. The Balaban J connectivity index is 2.22. The predicted molar refractivity (Wildman–Crippen MR) is 80.9 cm³/mol. The maximum Gasteiger partial charge on any atom is 0.163 e. The average molecular weight is 303 g/mol. The summed E-state index contributed by atoms with van der Waals surface area (Å²) in [5.74, 6) is -0.538. The second-order valence-electron chi connectivity index (χ2n) is 4.83. The average Bonchev–Trinajstić information content (AvgIpc) is 2.39. The van der Waals surface area contributed by atoms with Crippen molar-refractivity contribution in [3.05, 3.63) is 35.4 Å². The van der Waals surface area contributed by atoms with E-state index in [-0.39, 0.29) is 11.3 Å². The summed E-state index contributed by atoms with van der Waals surface area (Å²) < 4.78 is 27.3. The van der Waals surface area contributed by atoms with Crippen LogP contribution in [0.3, 0.4) is 0 Å². The maximum absolute atomic E-state index is 13.9. The first-order valence-corrected chi connectivity index (χ1v) is 8.42. The third-order valence-corrected chi connectivity index (χ3v) is 7.07. The second-order valence-corrected chi connectivity index (χ2v) is 7.86. The molecule has 1 N–H and O–H groups in total. The quantitative estimate of drug-likeness (QED) is 0.911. The fourth-order valence-electron chi connectivity index (χ4n) is 2.28. The van der Waals surface area contributed by atoms with E-state index in [9.17, 15) is 8.78 Å².